The van der Waals surface area contributed by atoms with Gasteiger partial charge in [-0.3, -0.25) is 14.9 Å². The van der Waals surface area contributed by atoms with Crippen LogP contribution in [0.3, 0.4) is 0 Å². The summed E-state index contributed by atoms with van der Waals surface area (Å²) in [6.45, 7) is 1.17. The van der Waals surface area contributed by atoms with Crippen LogP contribution in [0.1, 0.15) is 35.1 Å². The summed E-state index contributed by atoms with van der Waals surface area (Å²) in [7, 11) is 3.69. The Hall–Kier alpha value is -3.48. The van der Waals surface area contributed by atoms with E-state index in [1.54, 1.807) is 7.11 Å². The minimum absolute atomic E-state index is 0.134. The minimum Gasteiger partial charge on any atom is -0.497 e. The maximum Gasteiger partial charge on any atom is 0.250 e. The van der Waals surface area contributed by atoms with Crippen molar-refractivity contribution in [2.75, 3.05) is 32.6 Å². The van der Waals surface area contributed by atoms with Crippen LogP contribution in [0.15, 0.2) is 78.9 Å². The second-order valence-corrected chi connectivity index (χ2v) is 9.92. The van der Waals surface area contributed by atoms with E-state index in [0.29, 0.717) is 19.5 Å². The van der Waals surface area contributed by atoms with Crippen molar-refractivity contribution in [1.82, 2.24) is 10.2 Å². The van der Waals surface area contributed by atoms with E-state index in [4.69, 9.17) is 4.74 Å². The Morgan fingerprint density at radius 1 is 0.914 bits per heavy atom. The van der Waals surface area contributed by atoms with Crippen LogP contribution < -0.4 is 15.4 Å². The molecule has 2 N–H and O–H groups in total. The number of piperidine rings is 1. The number of para-hydroxylation sites is 1. The number of carbonyl (C=O) groups is 2. The van der Waals surface area contributed by atoms with Crippen molar-refractivity contribution in [2.45, 2.75) is 23.9 Å². The van der Waals surface area contributed by atoms with E-state index in [0.717, 1.165) is 28.1 Å². The van der Waals surface area contributed by atoms with Crippen LogP contribution in [0.2, 0.25) is 0 Å². The first-order valence-electron chi connectivity index (χ1n) is 12.1. The fourth-order valence-electron chi connectivity index (χ4n) is 6.74. The monoisotopic (exact) mass is 467 g/mol. The van der Waals surface area contributed by atoms with Crippen molar-refractivity contribution < 1.29 is 14.3 Å². The van der Waals surface area contributed by atoms with Crippen LogP contribution in [0, 0.1) is 5.41 Å². The molecular weight excluding hydrogens is 438 g/mol. The van der Waals surface area contributed by atoms with Gasteiger partial charge in [-0.15, -0.1) is 0 Å². The van der Waals surface area contributed by atoms with Gasteiger partial charge in [0.2, 0.25) is 0 Å². The van der Waals surface area contributed by atoms with Crippen molar-refractivity contribution in [3.63, 3.8) is 0 Å². The number of Topliss-reactive ketones (excluding diaryl/α,β-unsaturated/α-hetero) is 1. The molecule has 3 aliphatic heterocycles. The molecule has 3 aromatic carbocycles. The van der Waals surface area contributed by atoms with Gasteiger partial charge in [-0.25, -0.2) is 0 Å². The van der Waals surface area contributed by atoms with Gasteiger partial charge in [0.1, 0.15) is 17.1 Å². The third-order valence-electron chi connectivity index (χ3n) is 8.20. The number of ether oxygens (including phenoxy) is 1. The quantitative estimate of drug-likeness (QED) is 0.612. The van der Waals surface area contributed by atoms with Crippen LogP contribution in [0.4, 0.5) is 5.69 Å². The van der Waals surface area contributed by atoms with Gasteiger partial charge >= 0.3 is 0 Å². The number of amides is 1. The lowest BCUT2D eigenvalue weighted by molar-refractivity contribution is -0.145. The molecule has 178 valence electrons. The molecule has 0 unspecified atom stereocenters. The van der Waals surface area contributed by atoms with Gasteiger partial charge in [0.15, 0.2) is 0 Å². The Morgan fingerprint density at radius 3 is 2.37 bits per heavy atom. The van der Waals surface area contributed by atoms with Crippen LogP contribution in [-0.4, -0.2) is 43.8 Å². The predicted molar refractivity (Wildman–Crippen MR) is 134 cm³/mol. The number of nitrogens with zero attached hydrogens (tertiary/aromatic N) is 1. The largest absolute Gasteiger partial charge is 0.497 e. The summed E-state index contributed by atoms with van der Waals surface area (Å²) in [6.07, 6.45) is 0.406. The second-order valence-electron chi connectivity index (χ2n) is 9.92. The van der Waals surface area contributed by atoms with Gasteiger partial charge in [-0.05, 0) is 36.4 Å². The number of carbonyl (C=O) groups excluding carboxylic acids is 2. The first-order valence-corrected chi connectivity index (χ1v) is 12.1. The molecule has 0 radical (unpaired) electrons. The fourth-order valence-corrected chi connectivity index (χ4v) is 6.74. The summed E-state index contributed by atoms with van der Waals surface area (Å²) in [5.41, 5.74) is 1.53. The number of methoxy groups -OCH3 is 1. The fraction of sp³-hybridized carbons (Fsp3) is 0.310. The number of nitrogens with one attached hydrogen (secondary N) is 2. The summed E-state index contributed by atoms with van der Waals surface area (Å²) in [5.74, 6) is 0.479. The van der Waals surface area contributed by atoms with E-state index in [1.165, 1.54) is 0 Å². The molecule has 4 atom stereocenters. The molecule has 0 aliphatic carbocycles. The average Bonchev–Trinajstić information content (AvgIpc) is 3.35. The second kappa shape index (κ2) is 8.04. The van der Waals surface area contributed by atoms with E-state index >= 15 is 0 Å². The maximum absolute atomic E-state index is 14.3. The molecule has 6 heteroatoms. The summed E-state index contributed by atoms with van der Waals surface area (Å²) >= 11 is 0. The van der Waals surface area contributed by atoms with Crippen LogP contribution >= 0.6 is 0 Å². The third-order valence-corrected chi connectivity index (χ3v) is 8.20. The highest BCUT2D eigenvalue weighted by Gasteiger charge is 2.74. The topological polar surface area (TPSA) is 70.7 Å². The predicted octanol–water partition coefficient (Wildman–Crippen LogP) is 3.86. The lowest BCUT2D eigenvalue weighted by Gasteiger charge is -2.48. The van der Waals surface area contributed by atoms with Gasteiger partial charge in [-0.2, -0.15) is 0 Å². The number of hydrogen-bond acceptors (Lipinski definition) is 5. The number of fused-ring (bicyclic) bond motifs is 3. The minimum atomic E-state index is -1.18. The van der Waals surface area contributed by atoms with Crippen molar-refractivity contribution in [3.05, 3.63) is 95.6 Å². The third kappa shape index (κ3) is 2.96. The number of likely N-dealkylation sites (tertiary alicyclic amines) is 1. The highest BCUT2D eigenvalue weighted by atomic mass is 16.5. The van der Waals surface area contributed by atoms with Gasteiger partial charge in [0.05, 0.1) is 12.5 Å². The molecule has 1 amide bonds. The lowest BCUT2D eigenvalue weighted by Crippen LogP contribution is -2.64. The zero-order valence-electron chi connectivity index (χ0n) is 20.0. The molecule has 6 rings (SSSR count). The zero-order valence-corrected chi connectivity index (χ0v) is 20.0. The van der Waals surface area contributed by atoms with Crippen molar-refractivity contribution in [2.24, 2.45) is 5.41 Å². The number of hydrogen-bond donors (Lipinski definition) is 2. The molecule has 2 saturated heterocycles. The van der Waals surface area contributed by atoms with Gasteiger partial charge < -0.3 is 15.0 Å². The Kier molecular flexibility index (Phi) is 5.06. The van der Waals surface area contributed by atoms with E-state index in [2.05, 4.69) is 27.7 Å². The van der Waals surface area contributed by atoms with Gasteiger partial charge in [0.25, 0.3) is 5.91 Å². The number of rotatable bonds is 3. The molecule has 6 nitrogen and oxygen atoms in total. The molecular formula is C29H29N3O3. The van der Waals surface area contributed by atoms with Gasteiger partial charge in [0, 0.05) is 42.7 Å². The highest BCUT2D eigenvalue weighted by Crippen LogP contribution is 2.65. The Balaban J connectivity index is 1.66. The standard InChI is InChI=1S/C29H29N3O3/c1-32-17-16-24(33)28(18-32)25(19-12-14-21(35-2)15-13-19)26(20-8-4-3-5-9-20)31-29(28)22-10-6-7-11-23(22)30-27(29)34/h3-15,25-26,31H,16-18H2,1-2H3,(H,30,34)/t25-,26-,28+,29-/m0/s1. The van der Waals surface area contributed by atoms with E-state index < -0.39 is 11.0 Å². The summed E-state index contributed by atoms with van der Waals surface area (Å²) in [5, 5.41) is 6.89. The van der Waals surface area contributed by atoms with Crippen LogP contribution in [-0.2, 0) is 15.1 Å². The molecule has 2 spiro atoms. The van der Waals surface area contributed by atoms with E-state index in [-0.39, 0.29) is 23.7 Å². The van der Waals surface area contributed by atoms with Crippen molar-refractivity contribution in [1.29, 1.82) is 0 Å². The van der Waals surface area contributed by atoms with Crippen LogP contribution in [0.25, 0.3) is 0 Å². The maximum atomic E-state index is 14.3. The molecule has 3 heterocycles. The SMILES string of the molecule is COc1ccc([C@H]2[C@H](c3ccccc3)N[C@@]3(C(=O)Nc4ccccc43)[C@@]23CN(C)CCC3=O)cc1. The average molecular weight is 468 g/mol. The Morgan fingerprint density at radius 2 is 1.63 bits per heavy atom. The first kappa shape index (κ1) is 22.0. The molecule has 0 bridgehead atoms. The van der Waals surface area contributed by atoms with E-state index in [1.807, 2.05) is 73.8 Å². The van der Waals surface area contributed by atoms with Crippen molar-refractivity contribution in [3.8, 4) is 5.75 Å². The van der Waals surface area contributed by atoms with Crippen LogP contribution in [0.5, 0.6) is 5.75 Å². The zero-order chi connectivity index (χ0) is 24.2. The Labute approximate surface area is 205 Å². The first-order chi connectivity index (χ1) is 17.0. The number of ketones is 1. The summed E-state index contributed by atoms with van der Waals surface area (Å²) in [4.78, 5) is 30.6. The molecule has 0 aromatic heterocycles. The summed E-state index contributed by atoms with van der Waals surface area (Å²) in [6, 6.07) is 25.7. The van der Waals surface area contributed by atoms with Crippen molar-refractivity contribution >= 4 is 17.4 Å². The molecule has 3 aromatic rings. The smallest absolute Gasteiger partial charge is 0.250 e. The van der Waals surface area contributed by atoms with Gasteiger partial charge in [-0.1, -0.05) is 60.7 Å². The number of benzene rings is 3. The molecule has 0 saturated carbocycles. The normalized spacial score (nSPS) is 30.0. The lowest BCUT2D eigenvalue weighted by atomic mass is 9.56. The number of anilines is 1. The molecule has 3 aliphatic rings. The molecule has 35 heavy (non-hydrogen) atoms. The Bertz CT molecular complexity index is 1290. The summed E-state index contributed by atoms with van der Waals surface area (Å²) < 4.78 is 5.42. The highest BCUT2D eigenvalue weighted by molar-refractivity contribution is 6.11. The molecule has 2 fully saturated rings. The van der Waals surface area contributed by atoms with E-state index in [9.17, 15) is 9.59 Å².